The van der Waals surface area contributed by atoms with Gasteiger partial charge >= 0.3 is 0 Å². The highest BCUT2D eigenvalue weighted by Gasteiger charge is 2.33. The molecule has 2 N–H and O–H groups in total. The second kappa shape index (κ2) is 4.91. The van der Waals surface area contributed by atoms with Crippen LogP contribution in [0.15, 0.2) is 72.8 Å². The van der Waals surface area contributed by atoms with Gasteiger partial charge in [-0.05, 0) is 43.8 Å². The summed E-state index contributed by atoms with van der Waals surface area (Å²) in [4.78, 5) is 0. The normalized spacial score (nSPS) is 19.2. The van der Waals surface area contributed by atoms with Crippen molar-refractivity contribution in [3.05, 3.63) is 83.9 Å². The van der Waals surface area contributed by atoms with Crippen LogP contribution in [-0.2, 0) is 0 Å². The molecule has 0 aliphatic heterocycles. The topological polar surface area (TPSA) is 40.5 Å². The van der Waals surface area contributed by atoms with E-state index >= 15 is 0 Å². The molecular formula is C22H16O2. The quantitative estimate of drug-likeness (QED) is 0.492. The first-order valence-corrected chi connectivity index (χ1v) is 8.15. The van der Waals surface area contributed by atoms with E-state index in [-0.39, 0.29) is 0 Å². The van der Waals surface area contributed by atoms with Crippen molar-refractivity contribution in [3.63, 3.8) is 0 Å². The van der Waals surface area contributed by atoms with E-state index in [4.69, 9.17) is 0 Å². The van der Waals surface area contributed by atoms with Crippen LogP contribution in [0.1, 0.15) is 23.3 Å². The van der Waals surface area contributed by atoms with Gasteiger partial charge < -0.3 is 10.2 Å². The molecule has 4 aromatic rings. The van der Waals surface area contributed by atoms with Crippen molar-refractivity contribution < 1.29 is 10.2 Å². The largest absolute Gasteiger partial charge is 0.385 e. The van der Waals surface area contributed by atoms with Gasteiger partial charge in [0.1, 0.15) is 12.2 Å². The molecule has 1 aliphatic carbocycles. The minimum absolute atomic E-state index is 0.796. The zero-order valence-electron chi connectivity index (χ0n) is 13.0. The van der Waals surface area contributed by atoms with E-state index in [1.807, 2.05) is 48.5 Å². The summed E-state index contributed by atoms with van der Waals surface area (Å²) in [6, 6.07) is 24.3. The van der Waals surface area contributed by atoms with E-state index in [0.29, 0.717) is 0 Å². The van der Waals surface area contributed by atoms with Gasteiger partial charge in [0.2, 0.25) is 0 Å². The fourth-order valence-corrected chi connectivity index (χ4v) is 3.97. The Balaban J connectivity index is 2.02. The molecule has 24 heavy (non-hydrogen) atoms. The number of benzene rings is 4. The standard InChI is InChI=1S/C22H16O2/c23-21-17-11-9-13-5-1-3-7-15(13)19(17)20-16-8-4-2-6-14(16)10-12-18(20)22(21)24/h1-12,21-24H/t21-,22-/m1/s1. The molecule has 4 aromatic carbocycles. The van der Waals surface area contributed by atoms with Crippen molar-refractivity contribution in [1.29, 1.82) is 0 Å². The minimum Gasteiger partial charge on any atom is -0.385 e. The molecule has 0 spiro atoms. The third kappa shape index (κ3) is 1.72. The van der Waals surface area contributed by atoms with E-state index in [1.54, 1.807) is 0 Å². The summed E-state index contributed by atoms with van der Waals surface area (Å²) in [6.45, 7) is 0. The third-order valence-electron chi connectivity index (χ3n) is 5.11. The van der Waals surface area contributed by atoms with E-state index in [2.05, 4.69) is 24.3 Å². The molecule has 2 atom stereocenters. The maximum Gasteiger partial charge on any atom is 0.110 e. The number of hydrogen-bond donors (Lipinski definition) is 2. The van der Waals surface area contributed by atoms with E-state index in [9.17, 15) is 10.2 Å². The van der Waals surface area contributed by atoms with Crippen LogP contribution < -0.4 is 0 Å². The lowest BCUT2D eigenvalue weighted by Gasteiger charge is -2.31. The molecule has 0 saturated heterocycles. The second-order valence-corrected chi connectivity index (χ2v) is 6.39. The van der Waals surface area contributed by atoms with E-state index in [0.717, 1.165) is 43.8 Å². The third-order valence-corrected chi connectivity index (χ3v) is 5.11. The highest BCUT2D eigenvalue weighted by atomic mass is 16.3. The van der Waals surface area contributed by atoms with Crippen LogP contribution in [0, 0.1) is 0 Å². The fourth-order valence-electron chi connectivity index (χ4n) is 3.97. The molecule has 0 heterocycles. The number of hydrogen-bond acceptors (Lipinski definition) is 2. The van der Waals surface area contributed by atoms with Crippen LogP contribution in [0.2, 0.25) is 0 Å². The Labute approximate surface area is 139 Å². The lowest BCUT2D eigenvalue weighted by molar-refractivity contribution is 0.0160. The average Bonchev–Trinajstić information content (AvgIpc) is 2.64. The summed E-state index contributed by atoms with van der Waals surface area (Å²) in [5.41, 5.74) is 3.67. The summed E-state index contributed by atoms with van der Waals surface area (Å²) in [7, 11) is 0. The van der Waals surface area contributed by atoms with Gasteiger partial charge in [0.15, 0.2) is 0 Å². The zero-order chi connectivity index (χ0) is 16.3. The van der Waals surface area contributed by atoms with Gasteiger partial charge in [-0.15, -0.1) is 0 Å². The summed E-state index contributed by atoms with van der Waals surface area (Å²) in [5.74, 6) is 0. The number of rotatable bonds is 0. The Hall–Kier alpha value is -2.68. The monoisotopic (exact) mass is 312 g/mol. The average molecular weight is 312 g/mol. The Bertz CT molecular complexity index is 1010. The smallest absolute Gasteiger partial charge is 0.110 e. The SMILES string of the molecule is O[C@@H]1c2ccc3ccccc3c2-c2c(ccc3ccccc23)[C@H]1O. The van der Waals surface area contributed by atoms with Gasteiger partial charge in [0.25, 0.3) is 0 Å². The number of aliphatic hydroxyl groups is 2. The van der Waals surface area contributed by atoms with Gasteiger partial charge in [0.05, 0.1) is 0 Å². The lowest BCUT2D eigenvalue weighted by atomic mass is 9.78. The molecule has 2 nitrogen and oxygen atoms in total. The van der Waals surface area contributed by atoms with Gasteiger partial charge in [-0.3, -0.25) is 0 Å². The van der Waals surface area contributed by atoms with E-state index < -0.39 is 12.2 Å². The van der Waals surface area contributed by atoms with Gasteiger partial charge in [-0.1, -0.05) is 72.8 Å². The molecule has 5 rings (SSSR count). The maximum atomic E-state index is 10.7. The van der Waals surface area contributed by atoms with Crippen LogP contribution in [0.25, 0.3) is 32.7 Å². The molecule has 1 aliphatic rings. The lowest BCUT2D eigenvalue weighted by Crippen LogP contribution is -2.17. The molecular weight excluding hydrogens is 296 g/mol. The number of fused-ring (bicyclic) bond motifs is 7. The van der Waals surface area contributed by atoms with Crippen LogP contribution in [0.4, 0.5) is 0 Å². The Morgan fingerprint density at radius 2 is 0.917 bits per heavy atom. The van der Waals surface area contributed by atoms with Crippen LogP contribution in [0.3, 0.4) is 0 Å². The van der Waals surface area contributed by atoms with Gasteiger partial charge in [-0.2, -0.15) is 0 Å². The molecule has 116 valence electrons. The highest BCUT2D eigenvalue weighted by Crippen LogP contribution is 2.49. The molecule has 0 fully saturated rings. The highest BCUT2D eigenvalue weighted by molar-refractivity contribution is 6.08. The van der Waals surface area contributed by atoms with Crippen molar-refractivity contribution in [2.24, 2.45) is 0 Å². The zero-order valence-corrected chi connectivity index (χ0v) is 13.0. The first kappa shape index (κ1) is 13.7. The van der Waals surface area contributed by atoms with Gasteiger partial charge in [0, 0.05) is 0 Å². The Morgan fingerprint density at radius 3 is 1.38 bits per heavy atom. The van der Waals surface area contributed by atoms with E-state index in [1.165, 1.54) is 0 Å². The molecule has 0 amide bonds. The predicted octanol–water partition coefficient (Wildman–Crippen LogP) is 4.74. The molecule has 2 heteroatoms. The molecule has 0 bridgehead atoms. The van der Waals surface area contributed by atoms with Gasteiger partial charge in [-0.25, -0.2) is 0 Å². The van der Waals surface area contributed by atoms with Crippen LogP contribution >= 0.6 is 0 Å². The first-order valence-electron chi connectivity index (χ1n) is 8.15. The fraction of sp³-hybridized carbons (Fsp3) is 0.0909. The Morgan fingerprint density at radius 1 is 0.500 bits per heavy atom. The van der Waals surface area contributed by atoms with Crippen molar-refractivity contribution >= 4 is 21.5 Å². The van der Waals surface area contributed by atoms with Crippen LogP contribution in [-0.4, -0.2) is 10.2 Å². The first-order chi connectivity index (χ1) is 11.8. The Kier molecular flexibility index (Phi) is 2.81. The molecule has 0 unspecified atom stereocenters. The summed E-state index contributed by atoms with van der Waals surface area (Å²) >= 11 is 0. The van der Waals surface area contributed by atoms with Crippen molar-refractivity contribution in [2.75, 3.05) is 0 Å². The predicted molar refractivity (Wildman–Crippen MR) is 96.8 cm³/mol. The minimum atomic E-state index is -0.904. The number of aliphatic hydroxyl groups excluding tert-OH is 2. The summed E-state index contributed by atoms with van der Waals surface area (Å²) < 4.78 is 0. The molecule has 0 radical (unpaired) electrons. The second-order valence-electron chi connectivity index (χ2n) is 6.39. The molecule has 0 saturated carbocycles. The maximum absolute atomic E-state index is 10.7. The summed E-state index contributed by atoms with van der Waals surface area (Å²) in [6.07, 6.45) is -1.81. The van der Waals surface area contributed by atoms with Crippen molar-refractivity contribution in [2.45, 2.75) is 12.2 Å². The molecule has 0 aromatic heterocycles. The van der Waals surface area contributed by atoms with Crippen molar-refractivity contribution in [3.8, 4) is 11.1 Å². The summed E-state index contributed by atoms with van der Waals surface area (Å²) in [5, 5.41) is 25.8. The van der Waals surface area contributed by atoms with Crippen LogP contribution in [0.5, 0.6) is 0 Å². The van der Waals surface area contributed by atoms with Crippen molar-refractivity contribution in [1.82, 2.24) is 0 Å².